The molecule has 0 saturated heterocycles. The van der Waals surface area contributed by atoms with Crippen molar-refractivity contribution in [3.8, 4) is 11.5 Å². The van der Waals surface area contributed by atoms with E-state index in [1.54, 1.807) is 6.07 Å². The van der Waals surface area contributed by atoms with Gasteiger partial charge < -0.3 is 4.74 Å². The number of nitro benzene ring substituents is 1. The lowest BCUT2D eigenvalue weighted by atomic mass is 10.2. The van der Waals surface area contributed by atoms with Gasteiger partial charge >= 0.3 is 5.69 Å². The van der Waals surface area contributed by atoms with Gasteiger partial charge in [0, 0.05) is 22.7 Å². The first kappa shape index (κ1) is 14.6. The first-order valence-electron chi connectivity index (χ1n) is 5.48. The van der Waals surface area contributed by atoms with Gasteiger partial charge in [0.2, 0.25) is 5.75 Å². The molecule has 2 aromatic carbocycles. The molecule has 0 aliphatic heterocycles. The molecular formula is C13H8Cl2FNO3. The largest absolute Gasteiger partial charge is 0.447 e. The predicted octanol–water partition coefficient (Wildman–Crippen LogP) is 4.92. The fraction of sp³-hybridized carbons (Fsp3) is 0.0769. The normalized spacial score (nSPS) is 10.3. The highest BCUT2D eigenvalue weighted by molar-refractivity contribution is 6.30. The Balaban J connectivity index is 2.50. The van der Waals surface area contributed by atoms with Crippen LogP contribution in [0.3, 0.4) is 0 Å². The minimum Gasteiger partial charge on any atom is -0.447 e. The number of rotatable bonds is 4. The van der Waals surface area contributed by atoms with E-state index < -0.39 is 10.7 Å². The van der Waals surface area contributed by atoms with Gasteiger partial charge in [-0.1, -0.05) is 23.7 Å². The SMILES string of the molecule is O=[N+]([O-])c1ccc(Cl)cc1Oc1c(F)cccc1CCl. The van der Waals surface area contributed by atoms with E-state index in [0.717, 1.165) is 0 Å². The zero-order valence-electron chi connectivity index (χ0n) is 9.98. The highest BCUT2D eigenvalue weighted by atomic mass is 35.5. The van der Waals surface area contributed by atoms with Gasteiger partial charge in [0.1, 0.15) is 0 Å². The number of ether oxygens (including phenoxy) is 1. The summed E-state index contributed by atoms with van der Waals surface area (Å²) >= 11 is 11.5. The lowest BCUT2D eigenvalue weighted by molar-refractivity contribution is -0.385. The summed E-state index contributed by atoms with van der Waals surface area (Å²) in [5.41, 5.74) is 0.0825. The molecule has 0 heterocycles. The summed E-state index contributed by atoms with van der Waals surface area (Å²) < 4.78 is 19.1. The molecule has 7 heteroatoms. The number of nitrogens with zero attached hydrogens (tertiary/aromatic N) is 1. The van der Waals surface area contributed by atoms with Gasteiger partial charge in [-0.2, -0.15) is 0 Å². The highest BCUT2D eigenvalue weighted by Gasteiger charge is 2.19. The fourth-order valence-corrected chi connectivity index (χ4v) is 1.98. The van der Waals surface area contributed by atoms with Crippen molar-refractivity contribution in [3.05, 3.63) is 62.9 Å². The van der Waals surface area contributed by atoms with Crippen LogP contribution >= 0.6 is 23.2 Å². The maximum absolute atomic E-state index is 13.8. The van der Waals surface area contributed by atoms with Crippen LogP contribution in [0, 0.1) is 15.9 Å². The second-order valence-electron chi connectivity index (χ2n) is 3.83. The minimum atomic E-state index is -0.655. The van der Waals surface area contributed by atoms with E-state index in [4.69, 9.17) is 27.9 Å². The Morgan fingerprint density at radius 3 is 2.70 bits per heavy atom. The standard InChI is InChI=1S/C13H8Cl2FNO3/c14-7-8-2-1-3-10(16)13(8)20-12-6-9(15)4-5-11(12)17(18)19/h1-6H,7H2. The zero-order valence-corrected chi connectivity index (χ0v) is 11.5. The predicted molar refractivity (Wildman–Crippen MR) is 74.1 cm³/mol. The third kappa shape index (κ3) is 3.00. The molecule has 0 atom stereocenters. The van der Waals surface area contributed by atoms with Crippen LogP contribution in [0.15, 0.2) is 36.4 Å². The molecule has 0 bridgehead atoms. The van der Waals surface area contributed by atoms with Crippen LogP contribution in [0.2, 0.25) is 5.02 Å². The van der Waals surface area contributed by atoms with E-state index in [9.17, 15) is 14.5 Å². The lowest BCUT2D eigenvalue weighted by Gasteiger charge is -2.10. The molecule has 104 valence electrons. The molecule has 0 amide bonds. The lowest BCUT2D eigenvalue weighted by Crippen LogP contribution is -1.97. The third-order valence-corrected chi connectivity index (χ3v) is 3.05. The fourth-order valence-electron chi connectivity index (χ4n) is 1.60. The average Bonchev–Trinajstić information content (AvgIpc) is 2.40. The van der Waals surface area contributed by atoms with Gasteiger partial charge in [-0.25, -0.2) is 4.39 Å². The maximum atomic E-state index is 13.8. The van der Waals surface area contributed by atoms with E-state index in [2.05, 4.69) is 0 Å². The van der Waals surface area contributed by atoms with Gasteiger partial charge in [-0.05, 0) is 12.1 Å². The van der Waals surface area contributed by atoms with Gasteiger partial charge in [0.15, 0.2) is 11.6 Å². The van der Waals surface area contributed by atoms with Crippen LogP contribution in [0.4, 0.5) is 10.1 Å². The first-order valence-corrected chi connectivity index (χ1v) is 6.39. The van der Waals surface area contributed by atoms with Crippen molar-refractivity contribution >= 4 is 28.9 Å². The number of hydrogen-bond donors (Lipinski definition) is 0. The van der Waals surface area contributed by atoms with Crippen molar-refractivity contribution in [1.29, 1.82) is 0 Å². The number of alkyl halides is 1. The summed E-state index contributed by atoms with van der Waals surface area (Å²) in [4.78, 5) is 10.3. The monoisotopic (exact) mass is 315 g/mol. The minimum absolute atomic E-state index is 0.0153. The summed E-state index contributed by atoms with van der Waals surface area (Å²) in [6.07, 6.45) is 0. The second kappa shape index (κ2) is 6.07. The van der Waals surface area contributed by atoms with Crippen LogP contribution in [0.5, 0.6) is 11.5 Å². The van der Waals surface area contributed by atoms with Crippen molar-refractivity contribution in [1.82, 2.24) is 0 Å². The zero-order chi connectivity index (χ0) is 14.7. The van der Waals surface area contributed by atoms with Crippen LogP contribution in [-0.4, -0.2) is 4.92 Å². The van der Waals surface area contributed by atoms with Crippen molar-refractivity contribution in [3.63, 3.8) is 0 Å². The first-order chi connectivity index (χ1) is 9.52. The van der Waals surface area contributed by atoms with Crippen molar-refractivity contribution in [2.24, 2.45) is 0 Å². The molecule has 4 nitrogen and oxygen atoms in total. The summed E-state index contributed by atoms with van der Waals surface area (Å²) in [7, 11) is 0. The van der Waals surface area contributed by atoms with Crippen LogP contribution in [0.1, 0.15) is 5.56 Å². The van der Waals surface area contributed by atoms with Gasteiger partial charge in [0.05, 0.1) is 10.8 Å². The van der Waals surface area contributed by atoms with E-state index in [-0.39, 0.29) is 28.1 Å². The molecule has 0 spiro atoms. The number of halogens is 3. The topological polar surface area (TPSA) is 52.4 Å². The van der Waals surface area contributed by atoms with Gasteiger partial charge in [-0.15, -0.1) is 11.6 Å². The van der Waals surface area contributed by atoms with Gasteiger partial charge in [0.25, 0.3) is 0 Å². The molecule has 2 aromatic rings. The molecule has 2 rings (SSSR count). The van der Waals surface area contributed by atoms with Gasteiger partial charge in [-0.3, -0.25) is 10.1 Å². The van der Waals surface area contributed by atoms with Crippen molar-refractivity contribution in [2.75, 3.05) is 0 Å². The average molecular weight is 316 g/mol. The molecule has 0 unspecified atom stereocenters. The molecular weight excluding hydrogens is 308 g/mol. The summed E-state index contributed by atoms with van der Waals surface area (Å²) in [5.74, 6) is -0.925. The molecule has 0 saturated carbocycles. The molecule has 0 aliphatic carbocycles. The Morgan fingerprint density at radius 2 is 2.05 bits per heavy atom. The number of nitro groups is 1. The van der Waals surface area contributed by atoms with E-state index >= 15 is 0 Å². The van der Waals surface area contributed by atoms with Crippen LogP contribution in [0.25, 0.3) is 0 Å². The number of para-hydroxylation sites is 1. The van der Waals surface area contributed by atoms with E-state index in [1.807, 2.05) is 0 Å². The Morgan fingerprint density at radius 1 is 1.30 bits per heavy atom. The molecule has 0 aliphatic rings. The second-order valence-corrected chi connectivity index (χ2v) is 4.54. The van der Waals surface area contributed by atoms with E-state index in [0.29, 0.717) is 5.56 Å². The molecule has 0 N–H and O–H groups in total. The Labute approximate surface area is 123 Å². The number of benzene rings is 2. The Bertz CT molecular complexity index is 664. The number of hydrogen-bond acceptors (Lipinski definition) is 3. The smallest absolute Gasteiger partial charge is 0.311 e. The molecule has 0 radical (unpaired) electrons. The molecule has 20 heavy (non-hydrogen) atoms. The highest BCUT2D eigenvalue weighted by Crippen LogP contribution is 2.36. The van der Waals surface area contributed by atoms with E-state index in [1.165, 1.54) is 30.3 Å². The Kier molecular flexibility index (Phi) is 4.42. The van der Waals surface area contributed by atoms with Crippen molar-refractivity contribution < 1.29 is 14.1 Å². The maximum Gasteiger partial charge on any atom is 0.311 e. The van der Waals surface area contributed by atoms with Crippen LogP contribution in [-0.2, 0) is 5.88 Å². The summed E-state index contributed by atoms with van der Waals surface area (Å²) in [6, 6.07) is 8.04. The Hall–Kier alpha value is -1.85. The summed E-state index contributed by atoms with van der Waals surface area (Å²) in [6.45, 7) is 0. The van der Waals surface area contributed by atoms with Crippen molar-refractivity contribution in [2.45, 2.75) is 5.88 Å². The summed E-state index contributed by atoms with van der Waals surface area (Å²) in [5, 5.41) is 11.2. The van der Waals surface area contributed by atoms with Crippen LogP contribution < -0.4 is 4.74 Å². The third-order valence-electron chi connectivity index (χ3n) is 2.52. The molecule has 0 fully saturated rings. The quantitative estimate of drug-likeness (QED) is 0.457. The molecule has 0 aromatic heterocycles.